The SMILES string of the molecule is CCC(CN)c1nc2ccc(Br)cc2s1. The average Bonchev–Trinajstić information content (AvgIpc) is 2.62. The highest BCUT2D eigenvalue weighted by molar-refractivity contribution is 9.10. The summed E-state index contributed by atoms with van der Waals surface area (Å²) in [5, 5.41) is 1.16. The Morgan fingerprint density at radius 1 is 1.53 bits per heavy atom. The maximum atomic E-state index is 5.72. The quantitative estimate of drug-likeness (QED) is 0.937. The summed E-state index contributed by atoms with van der Waals surface area (Å²) < 4.78 is 2.33. The Morgan fingerprint density at radius 2 is 2.33 bits per heavy atom. The first-order valence-corrected chi connectivity index (χ1v) is 6.61. The van der Waals surface area contributed by atoms with E-state index in [2.05, 4.69) is 33.9 Å². The second-order valence-electron chi connectivity index (χ2n) is 3.51. The molecule has 0 fully saturated rings. The fraction of sp³-hybridized carbons (Fsp3) is 0.364. The van der Waals surface area contributed by atoms with E-state index in [-0.39, 0.29) is 0 Å². The topological polar surface area (TPSA) is 38.9 Å². The molecule has 0 aliphatic rings. The van der Waals surface area contributed by atoms with Crippen molar-refractivity contribution in [3.63, 3.8) is 0 Å². The minimum Gasteiger partial charge on any atom is -0.330 e. The van der Waals surface area contributed by atoms with E-state index in [0.717, 1.165) is 21.4 Å². The molecule has 0 saturated heterocycles. The number of rotatable bonds is 3. The molecule has 0 saturated carbocycles. The van der Waals surface area contributed by atoms with Crippen molar-refractivity contribution >= 4 is 37.5 Å². The zero-order valence-electron chi connectivity index (χ0n) is 8.53. The summed E-state index contributed by atoms with van der Waals surface area (Å²) >= 11 is 5.21. The van der Waals surface area contributed by atoms with Crippen LogP contribution >= 0.6 is 27.3 Å². The van der Waals surface area contributed by atoms with Gasteiger partial charge in [0.25, 0.3) is 0 Å². The molecule has 1 aromatic carbocycles. The second kappa shape index (κ2) is 4.60. The van der Waals surface area contributed by atoms with Crippen LogP contribution in [0.3, 0.4) is 0 Å². The van der Waals surface area contributed by atoms with Crippen LogP contribution in [0.5, 0.6) is 0 Å². The Bertz CT molecular complexity index is 463. The van der Waals surface area contributed by atoms with Crippen molar-refractivity contribution in [3.05, 3.63) is 27.7 Å². The van der Waals surface area contributed by atoms with E-state index < -0.39 is 0 Å². The van der Waals surface area contributed by atoms with E-state index in [4.69, 9.17) is 5.73 Å². The van der Waals surface area contributed by atoms with Crippen molar-refractivity contribution in [1.82, 2.24) is 4.98 Å². The Kier molecular flexibility index (Phi) is 3.38. The molecule has 2 N–H and O–H groups in total. The predicted octanol–water partition coefficient (Wildman–Crippen LogP) is 3.51. The molecule has 1 aromatic heterocycles. The summed E-state index contributed by atoms with van der Waals surface area (Å²) in [5.74, 6) is 0.404. The summed E-state index contributed by atoms with van der Waals surface area (Å²) in [6.45, 7) is 2.83. The number of halogens is 1. The first-order valence-electron chi connectivity index (χ1n) is 5.00. The Morgan fingerprint density at radius 3 is 3.00 bits per heavy atom. The molecule has 2 nitrogen and oxygen atoms in total. The molecule has 80 valence electrons. The molecule has 0 amide bonds. The van der Waals surface area contributed by atoms with Crippen molar-refractivity contribution < 1.29 is 0 Å². The lowest BCUT2D eigenvalue weighted by molar-refractivity contribution is 0.671. The number of benzene rings is 1. The second-order valence-corrected chi connectivity index (χ2v) is 5.48. The standard InChI is InChI=1S/C11H13BrN2S/c1-2-7(6-13)11-14-9-4-3-8(12)5-10(9)15-11/h3-5,7H,2,6,13H2,1H3. The Labute approximate surface area is 102 Å². The van der Waals surface area contributed by atoms with Crippen molar-refractivity contribution in [2.24, 2.45) is 5.73 Å². The number of thiazole rings is 1. The van der Waals surface area contributed by atoms with Crippen LogP contribution in [0, 0.1) is 0 Å². The fourth-order valence-corrected chi connectivity index (χ4v) is 3.25. The van der Waals surface area contributed by atoms with Crippen LogP contribution in [0.4, 0.5) is 0 Å². The van der Waals surface area contributed by atoms with E-state index >= 15 is 0 Å². The zero-order valence-corrected chi connectivity index (χ0v) is 10.9. The third-order valence-corrected chi connectivity index (χ3v) is 4.17. The van der Waals surface area contributed by atoms with Crippen LogP contribution in [0.15, 0.2) is 22.7 Å². The van der Waals surface area contributed by atoms with Crippen LogP contribution in [0.1, 0.15) is 24.3 Å². The molecule has 15 heavy (non-hydrogen) atoms. The summed E-state index contributed by atoms with van der Waals surface area (Å²) in [7, 11) is 0. The van der Waals surface area contributed by atoms with E-state index in [9.17, 15) is 0 Å². The van der Waals surface area contributed by atoms with Gasteiger partial charge in [-0.05, 0) is 24.6 Å². The number of hydrogen-bond acceptors (Lipinski definition) is 3. The summed E-state index contributed by atoms with van der Waals surface area (Å²) in [4.78, 5) is 4.61. The number of fused-ring (bicyclic) bond motifs is 1. The normalized spacial score (nSPS) is 13.3. The first kappa shape index (κ1) is 11.0. The lowest BCUT2D eigenvalue weighted by atomic mass is 10.1. The van der Waals surface area contributed by atoms with E-state index in [1.165, 1.54) is 4.70 Å². The molecule has 0 bridgehead atoms. The van der Waals surface area contributed by atoms with Crippen LogP contribution in [0.2, 0.25) is 0 Å². The van der Waals surface area contributed by atoms with E-state index in [1.807, 2.05) is 12.1 Å². The van der Waals surface area contributed by atoms with Crippen molar-refractivity contribution in [2.45, 2.75) is 19.3 Å². The average molecular weight is 285 g/mol. The van der Waals surface area contributed by atoms with E-state index in [1.54, 1.807) is 11.3 Å². The monoisotopic (exact) mass is 284 g/mol. The van der Waals surface area contributed by atoms with Gasteiger partial charge < -0.3 is 5.73 Å². The number of nitrogens with two attached hydrogens (primary N) is 1. The highest BCUT2D eigenvalue weighted by Crippen LogP contribution is 2.30. The summed E-state index contributed by atoms with van der Waals surface area (Å²) in [6, 6.07) is 6.18. The van der Waals surface area contributed by atoms with Gasteiger partial charge in [-0.2, -0.15) is 0 Å². The molecule has 1 unspecified atom stereocenters. The molecule has 4 heteroatoms. The lowest BCUT2D eigenvalue weighted by Gasteiger charge is -2.06. The van der Waals surface area contributed by atoms with Gasteiger partial charge in [0.1, 0.15) is 0 Å². The van der Waals surface area contributed by atoms with Gasteiger partial charge in [0.15, 0.2) is 0 Å². The first-order chi connectivity index (χ1) is 7.24. The molecule has 0 aliphatic carbocycles. The largest absolute Gasteiger partial charge is 0.330 e. The van der Waals surface area contributed by atoms with Gasteiger partial charge in [0.05, 0.1) is 15.2 Å². The van der Waals surface area contributed by atoms with Crippen molar-refractivity contribution in [3.8, 4) is 0 Å². The fourth-order valence-electron chi connectivity index (χ4n) is 1.53. The van der Waals surface area contributed by atoms with Crippen LogP contribution in [0.25, 0.3) is 10.2 Å². The molecule has 1 heterocycles. The maximum Gasteiger partial charge on any atom is 0.0982 e. The highest BCUT2D eigenvalue weighted by atomic mass is 79.9. The van der Waals surface area contributed by atoms with Gasteiger partial charge in [0, 0.05) is 16.9 Å². The van der Waals surface area contributed by atoms with Gasteiger partial charge in [-0.3, -0.25) is 0 Å². The molecule has 0 radical (unpaired) electrons. The van der Waals surface area contributed by atoms with Crippen LogP contribution in [-0.2, 0) is 0 Å². The Hall–Kier alpha value is -0.450. The molecule has 0 spiro atoms. The van der Waals surface area contributed by atoms with Gasteiger partial charge >= 0.3 is 0 Å². The highest BCUT2D eigenvalue weighted by Gasteiger charge is 2.12. The van der Waals surface area contributed by atoms with Gasteiger partial charge in [0.2, 0.25) is 0 Å². The zero-order chi connectivity index (χ0) is 10.8. The summed E-state index contributed by atoms with van der Waals surface area (Å²) in [5.41, 5.74) is 6.80. The Balaban J connectivity index is 2.46. The van der Waals surface area contributed by atoms with Gasteiger partial charge in [-0.25, -0.2) is 4.98 Å². The molecule has 0 aliphatic heterocycles. The van der Waals surface area contributed by atoms with Crippen LogP contribution in [-0.4, -0.2) is 11.5 Å². The maximum absolute atomic E-state index is 5.72. The molecular weight excluding hydrogens is 272 g/mol. The third kappa shape index (κ3) is 2.22. The molecule has 2 rings (SSSR count). The van der Waals surface area contributed by atoms with Crippen molar-refractivity contribution in [2.75, 3.05) is 6.54 Å². The molecule has 2 aromatic rings. The smallest absolute Gasteiger partial charge is 0.0982 e. The molecular formula is C11H13BrN2S. The van der Waals surface area contributed by atoms with E-state index in [0.29, 0.717) is 12.5 Å². The van der Waals surface area contributed by atoms with Gasteiger partial charge in [-0.1, -0.05) is 22.9 Å². The number of nitrogens with zero attached hydrogens (tertiary/aromatic N) is 1. The molecule has 1 atom stereocenters. The summed E-state index contributed by atoms with van der Waals surface area (Å²) in [6.07, 6.45) is 1.05. The minimum atomic E-state index is 0.404. The van der Waals surface area contributed by atoms with Crippen LogP contribution < -0.4 is 5.73 Å². The predicted molar refractivity (Wildman–Crippen MR) is 69.4 cm³/mol. The minimum absolute atomic E-state index is 0.404. The lowest BCUT2D eigenvalue weighted by Crippen LogP contribution is -2.10. The van der Waals surface area contributed by atoms with Crippen molar-refractivity contribution in [1.29, 1.82) is 0 Å². The number of hydrogen-bond donors (Lipinski definition) is 1. The number of aromatic nitrogens is 1. The third-order valence-electron chi connectivity index (χ3n) is 2.49. The van der Waals surface area contributed by atoms with Gasteiger partial charge in [-0.15, -0.1) is 11.3 Å².